The number of hydrogen-bond acceptors (Lipinski definition) is 3. The van der Waals surface area contributed by atoms with Crippen molar-refractivity contribution < 1.29 is 4.79 Å². The van der Waals surface area contributed by atoms with E-state index in [0.29, 0.717) is 16.7 Å². The minimum Gasteiger partial charge on any atom is -0.350 e. The summed E-state index contributed by atoms with van der Waals surface area (Å²) in [6.45, 7) is 0. The minimum absolute atomic E-state index is 0.0200. The largest absolute Gasteiger partial charge is 0.350 e. The highest BCUT2D eigenvalue weighted by molar-refractivity contribution is 5.82. The van der Waals surface area contributed by atoms with Gasteiger partial charge in [-0.15, -0.1) is 0 Å². The third-order valence-corrected chi connectivity index (χ3v) is 9.14. The Balaban J connectivity index is 1.22. The highest BCUT2D eigenvalue weighted by Crippen LogP contribution is 2.57. The van der Waals surface area contributed by atoms with Crippen LogP contribution in [0.2, 0.25) is 0 Å². The first-order chi connectivity index (χ1) is 15.1. The molecule has 6 aliphatic rings. The van der Waals surface area contributed by atoms with Crippen molar-refractivity contribution in [1.82, 2.24) is 15.3 Å². The molecule has 31 heavy (non-hydrogen) atoms. The third kappa shape index (κ3) is 2.71. The standard InChI is InChI=1S/C26H29N3O2/c30-24-19-3-1-2-4-20(19)27-23(28-24)21-17-5-6-18(10-17)22(21)25(31)29-26-11-14-7-15(12-26)9-16(8-14)13-26/h1-6,14-18,21-22H,7-13H2,(H,29,31)(H,27,28,30)/t14?,15?,16?,17-,18-,21-,22+,26?/m0/s1. The molecular formula is C26H29N3O2. The lowest BCUT2D eigenvalue weighted by atomic mass is 9.53. The van der Waals surface area contributed by atoms with Crippen LogP contribution in [0.3, 0.4) is 0 Å². The summed E-state index contributed by atoms with van der Waals surface area (Å²) in [5.74, 6) is 3.66. The molecule has 1 aromatic carbocycles. The summed E-state index contributed by atoms with van der Waals surface area (Å²) in [7, 11) is 0. The molecule has 4 atom stereocenters. The van der Waals surface area contributed by atoms with E-state index < -0.39 is 0 Å². The van der Waals surface area contributed by atoms with E-state index in [2.05, 4.69) is 22.5 Å². The van der Waals surface area contributed by atoms with Crippen molar-refractivity contribution in [3.63, 3.8) is 0 Å². The number of nitrogens with zero attached hydrogens (tertiary/aromatic N) is 1. The van der Waals surface area contributed by atoms with Crippen LogP contribution in [-0.4, -0.2) is 21.4 Å². The first-order valence-electron chi connectivity index (χ1n) is 12.1. The Morgan fingerprint density at radius 1 is 0.968 bits per heavy atom. The topological polar surface area (TPSA) is 74.8 Å². The van der Waals surface area contributed by atoms with Crippen LogP contribution in [0, 0.1) is 35.5 Å². The maximum absolute atomic E-state index is 13.8. The number of aromatic amines is 1. The van der Waals surface area contributed by atoms with E-state index in [9.17, 15) is 9.59 Å². The van der Waals surface area contributed by atoms with E-state index in [-0.39, 0.29) is 40.7 Å². The van der Waals surface area contributed by atoms with Gasteiger partial charge < -0.3 is 10.3 Å². The van der Waals surface area contributed by atoms with Gasteiger partial charge in [-0.1, -0.05) is 24.3 Å². The van der Waals surface area contributed by atoms with E-state index in [4.69, 9.17) is 4.98 Å². The van der Waals surface area contributed by atoms with Crippen LogP contribution in [0.4, 0.5) is 0 Å². The number of carbonyl (C=O) groups is 1. The van der Waals surface area contributed by atoms with Crippen molar-refractivity contribution in [2.45, 2.75) is 56.4 Å². The Hall–Kier alpha value is -2.43. The molecule has 8 rings (SSSR count). The lowest BCUT2D eigenvalue weighted by molar-refractivity contribution is -0.132. The van der Waals surface area contributed by atoms with E-state index in [0.717, 1.165) is 43.4 Å². The van der Waals surface area contributed by atoms with Crippen LogP contribution in [0.25, 0.3) is 10.9 Å². The van der Waals surface area contributed by atoms with Crippen molar-refractivity contribution >= 4 is 16.8 Å². The van der Waals surface area contributed by atoms with Crippen LogP contribution >= 0.6 is 0 Å². The molecule has 1 amide bonds. The molecule has 5 nitrogen and oxygen atoms in total. The highest BCUT2D eigenvalue weighted by Gasteiger charge is 2.55. The lowest BCUT2D eigenvalue weighted by Gasteiger charge is -2.57. The molecule has 0 unspecified atom stereocenters. The van der Waals surface area contributed by atoms with Crippen LogP contribution in [0.5, 0.6) is 0 Å². The number of H-pyrrole nitrogens is 1. The van der Waals surface area contributed by atoms with Gasteiger partial charge in [-0.2, -0.15) is 0 Å². The summed E-state index contributed by atoms with van der Waals surface area (Å²) in [5.41, 5.74) is 0.632. The van der Waals surface area contributed by atoms with Crippen molar-refractivity contribution in [2.24, 2.45) is 35.5 Å². The Kier molecular flexibility index (Phi) is 3.69. The van der Waals surface area contributed by atoms with Gasteiger partial charge in [0.25, 0.3) is 5.56 Å². The van der Waals surface area contributed by atoms with Gasteiger partial charge in [0.05, 0.1) is 16.8 Å². The number of para-hydroxylation sites is 1. The molecule has 5 saturated carbocycles. The average molecular weight is 416 g/mol. The molecule has 6 aliphatic carbocycles. The Morgan fingerprint density at radius 2 is 1.65 bits per heavy atom. The minimum atomic E-state index is -0.132. The van der Waals surface area contributed by atoms with E-state index in [1.54, 1.807) is 0 Å². The number of fused-ring (bicyclic) bond motifs is 3. The summed E-state index contributed by atoms with van der Waals surface area (Å²) < 4.78 is 0. The highest BCUT2D eigenvalue weighted by atomic mass is 16.2. The number of aromatic nitrogens is 2. The zero-order valence-electron chi connectivity index (χ0n) is 17.7. The summed E-state index contributed by atoms with van der Waals surface area (Å²) in [6, 6.07) is 7.47. The molecule has 5 fully saturated rings. The van der Waals surface area contributed by atoms with Gasteiger partial charge in [0.15, 0.2) is 0 Å². The maximum atomic E-state index is 13.8. The monoisotopic (exact) mass is 415 g/mol. The van der Waals surface area contributed by atoms with Gasteiger partial charge in [-0.3, -0.25) is 9.59 Å². The number of nitrogens with one attached hydrogen (secondary N) is 2. The van der Waals surface area contributed by atoms with E-state index in [1.165, 1.54) is 19.3 Å². The molecule has 2 aromatic rings. The molecule has 0 saturated heterocycles. The van der Waals surface area contributed by atoms with Gasteiger partial charge in [-0.05, 0) is 86.7 Å². The summed E-state index contributed by atoms with van der Waals surface area (Å²) in [5, 5.41) is 4.22. The fraction of sp³-hybridized carbons (Fsp3) is 0.577. The Morgan fingerprint density at radius 3 is 2.39 bits per heavy atom. The van der Waals surface area contributed by atoms with Gasteiger partial charge in [0, 0.05) is 11.5 Å². The Labute approximate surface area is 181 Å². The van der Waals surface area contributed by atoms with Gasteiger partial charge >= 0.3 is 0 Å². The van der Waals surface area contributed by atoms with Crippen LogP contribution in [-0.2, 0) is 4.79 Å². The molecule has 5 heteroatoms. The van der Waals surface area contributed by atoms with Gasteiger partial charge in [0.1, 0.15) is 5.82 Å². The zero-order valence-corrected chi connectivity index (χ0v) is 17.7. The second kappa shape index (κ2) is 6.30. The van der Waals surface area contributed by atoms with Gasteiger partial charge in [0.2, 0.25) is 5.91 Å². The smallest absolute Gasteiger partial charge is 0.258 e. The number of hydrogen-bond donors (Lipinski definition) is 2. The molecule has 1 heterocycles. The Bertz CT molecular complexity index is 1130. The fourth-order valence-corrected chi connectivity index (χ4v) is 8.42. The lowest BCUT2D eigenvalue weighted by Crippen LogP contribution is -2.61. The molecular weight excluding hydrogens is 386 g/mol. The molecule has 0 radical (unpaired) electrons. The number of benzene rings is 1. The molecule has 0 spiro atoms. The van der Waals surface area contributed by atoms with Crippen LogP contribution < -0.4 is 10.9 Å². The maximum Gasteiger partial charge on any atom is 0.258 e. The molecule has 1 aromatic heterocycles. The SMILES string of the molecule is O=C(NC12CC3CC(CC(C3)C1)C2)[C@H]1[C@@H](c2nc3ccccc3c(=O)[nH]2)[C@H]2C=C[C@H]1C2. The van der Waals surface area contributed by atoms with E-state index in [1.807, 2.05) is 24.3 Å². The first kappa shape index (κ1) is 18.2. The normalized spacial score (nSPS) is 41.9. The fourth-order valence-electron chi connectivity index (χ4n) is 8.42. The summed E-state index contributed by atoms with van der Waals surface area (Å²) in [4.78, 5) is 34.4. The number of allylic oxidation sites excluding steroid dienone is 2. The second-order valence-electron chi connectivity index (χ2n) is 11.2. The van der Waals surface area contributed by atoms with Gasteiger partial charge in [-0.25, -0.2) is 4.98 Å². The molecule has 160 valence electrons. The summed E-state index contributed by atoms with van der Waals surface area (Å²) in [6.07, 6.45) is 13.1. The number of rotatable bonds is 3. The number of carbonyl (C=O) groups excluding carboxylic acids is 1. The van der Waals surface area contributed by atoms with Crippen molar-refractivity contribution in [3.05, 3.63) is 52.6 Å². The van der Waals surface area contributed by atoms with Crippen LogP contribution in [0.1, 0.15) is 56.7 Å². The van der Waals surface area contributed by atoms with Crippen molar-refractivity contribution in [1.29, 1.82) is 0 Å². The molecule has 6 bridgehead atoms. The predicted octanol–water partition coefficient (Wildman–Crippen LogP) is 3.91. The van der Waals surface area contributed by atoms with Crippen molar-refractivity contribution in [3.8, 4) is 0 Å². The average Bonchev–Trinajstić information content (AvgIpc) is 3.34. The van der Waals surface area contributed by atoms with E-state index >= 15 is 0 Å². The summed E-state index contributed by atoms with van der Waals surface area (Å²) >= 11 is 0. The molecule has 2 N–H and O–H groups in total. The quantitative estimate of drug-likeness (QED) is 0.747. The third-order valence-electron chi connectivity index (χ3n) is 9.14. The van der Waals surface area contributed by atoms with Crippen LogP contribution in [0.15, 0.2) is 41.2 Å². The second-order valence-corrected chi connectivity index (χ2v) is 11.2. The first-order valence-corrected chi connectivity index (χ1v) is 12.1. The zero-order chi connectivity index (χ0) is 20.7. The predicted molar refractivity (Wildman–Crippen MR) is 118 cm³/mol. The molecule has 0 aliphatic heterocycles. The van der Waals surface area contributed by atoms with Crippen molar-refractivity contribution in [2.75, 3.05) is 0 Å². The number of amides is 1.